The van der Waals surface area contributed by atoms with Crippen molar-refractivity contribution in [3.8, 4) is 0 Å². The van der Waals surface area contributed by atoms with Crippen LogP contribution in [0.25, 0.3) is 0 Å². The van der Waals surface area contributed by atoms with Crippen molar-refractivity contribution < 1.29 is 164 Å². The number of rotatable bonds is 21. The van der Waals surface area contributed by atoms with E-state index < -0.39 is 139 Å². The van der Waals surface area contributed by atoms with Gasteiger partial charge in [0.2, 0.25) is 0 Å². The van der Waals surface area contributed by atoms with Gasteiger partial charge in [-0.25, -0.2) is 0 Å². The molecule has 0 saturated carbocycles. The lowest BCUT2D eigenvalue weighted by molar-refractivity contribution is -0.462. The summed E-state index contributed by atoms with van der Waals surface area (Å²) >= 11 is 0. The predicted molar refractivity (Wildman–Crippen MR) is 123 cm³/mol. The van der Waals surface area contributed by atoms with Gasteiger partial charge in [0.1, 0.15) is 6.10 Å². The van der Waals surface area contributed by atoms with Crippen molar-refractivity contribution in [2.75, 3.05) is 13.7 Å². The predicted octanol–water partition coefficient (Wildman–Crippen LogP) is 11.3. The van der Waals surface area contributed by atoms with Crippen LogP contribution in [0.4, 0.5) is 149 Å². The molecule has 0 saturated heterocycles. The SMILES string of the molecule is COC(CCC(F)(F)C(F)(F)C(F)(F)C(F)(F)C(F)(F)C(F)(F)C(F)(F)C(F)(F)F)(CCC(F)(F)C(F)(F)C(F)(F)C(F)(F)C(F)(F)C(F)(F)C(F)(F)C(F)(F)F)C(O)CO. The van der Waals surface area contributed by atoms with Crippen LogP contribution in [0.5, 0.6) is 0 Å². The van der Waals surface area contributed by atoms with E-state index in [4.69, 9.17) is 5.11 Å². The zero-order valence-electron chi connectivity index (χ0n) is 27.8. The normalized spacial score (nSPS) is 17.3. The molecule has 368 valence electrons. The van der Waals surface area contributed by atoms with Crippen molar-refractivity contribution in [2.24, 2.45) is 0 Å². The van der Waals surface area contributed by atoms with Gasteiger partial charge in [-0.3, -0.25) is 0 Å². The summed E-state index contributed by atoms with van der Waals surface area (Å²) in [4.78, 5) is 0. The van der Waals surface area contributed by atoms with Gasteiger partial charge in [0.05, 0.1) is 12.2 Å². The smallest absolute Gasteiger partial charge is 0.394 e. The van der Waals surface area contributed by atoms with Crippen LogP contribution in [0.2, 0.25) is 0 Å². The summed E-state index contributed by atoms with van der Waals surface area (Å²) in [6, 6.07) is 0. The number of hydrogen-bond donors (Lipinski definition) is 2. The number of methoxy groups -OCH3 is 1. The fraction of sp³-hybridized carbons (Fsp3) is 1.00. The topological polar surface area (TPSA) is 49.7 Å². The molecule has 0 aliphatic rings. The Kier molecular flexibility index (Phi) is 15.0. The van der Waals surface area contributed by atoms with E-state index in [2.05, 4.69) is 4.74 Å². The van der Waals surface area contributed by atoms with Gasteiger partial charge in [-0.1, -0.05) is 0 Å². The maximum Gasteiger partial charge on any atom is 0.460 e. The van der Waals surface area contributed by atoms with Gasteiger partial charge in [-0.05, 0) is 12.8 Å². The van der Waals surface area contributed by atoms with E-state index in [-0.39, 0.29) is 7.11 Å². The molecule has 0 heterocycles. The summed E-state index contributed by atoms with van der Waals surface area (Å²) in [5, 5.41) is 18.8. The van der Waals surface area contributed by atoms with Crippen LogP contribution in [0.15, 0.2) is 0 Å². The Balaban J connectivity index is 7.20. The first-order valence-electron chi connectivity index (χ1n) is 14.2. The Morgan fingerprint density at radius 2 is 0.492 bits per heavy atom. The highest BCUT2D eigenvalue weighted by Gasteiger charge is 2.97. The fourth-order valence-electron chi connectivity index (χ4n) is 4.41. The fourth-order valence-corrected chi connectivity index (χ4v) is 4.41. The lowest BCUT2D eigenvalue weighted by atomic mass is 9.80. The lowest BCUT2D eigenvalue weighted by Crippen LogP contribution is -2.74. The number of hydrogen-bond acceptors (Lipinski definition) is 3. The van der Waals surface area contributed by atoms with Crippen molar-refractivity contribution in [1.82, 2.24) is 0 Å². The van der Waals surface area contributed by atoms with Crippen molar-refractivity contribution in [3.63, 3.8) is 0 Å². The molecule has 0 aliphatic heterocycles. The quantitative estimate of drug-likeness (QED) is 0.113. The summed E-state index contributed by atoms with van der Waals surface area (Å²) in [7, 11) is -0.329. The van der Waals surface area contributed by atoms with Gasteiger partial charge in [-0.2, -0.15) is 149 Å². The highest BCUT2D eigenvalue weighted by molar-refractivity contribution is 5.17. The molecule has 1 atom stereocenters. The molecule has 0 rings (SSSR count). The van der Waals surface area contributed by atoms with Gasteiger partial charge in [0.25, 0.3) is 0 Å². The molecule has 0 spiro atoms. The van der Waals surface area contributed by atoms with E-state index in [1.165, 1.54) is 0 Å². The van der Waals surface area contributed by atoms with Crippen LogP contribution >= 0.6 is 0 Å². The minimum absolute atomic E-state index is 0.329. The summed E-state index contributed by atoms with van der Waals surface area (Å²) in [5.74, 6) is -122. The van der Waals surface area contributed by atoms with Crippen LogP contribution < -0.4 is 0 Å². The van der Waals surface area contributed by atoms with Gasteiger partial charge in [0.15, 0.2) is 0 Å². The summed E-state index contributed by atoms with van der Waals surface area (Å²) in [6.45, 7) is -2.41. The van der Waals surface area contributed by atoms with Crippen molar-refractivity contribution in [2.45, 2.75) is 133 Å². The van der Waals surface area contributed by atoms with Crippen molar-refractivity contribution in [3.05, 3.63) is 0 Å². The van der Waals surface area contributed by atoms with Gasteiger partial charge in [-0.15, -0.1) is 0 Å². The highest BCUT2D eigenvalue weighted by Crippen LogP contribution is 2.66. The first-order chi connectivity index (χ1) is 26.0. The van der Waals surface area contributed by atoms with E-state index in [1.54, 1.807) is 0 Å². The molecule has 1 unspecified atom stereocenters. The largest absolute Gasteiger partial charge is 0.460 e. The molecule has 0 radical (unpaired) electrons. The monoisotopic (exact) mass is 998 g/mol. The Morgan fingerprint density at radius 1 is 0.311 bits per heavy atom. The van der Waals surface area contributed by atoms with Crippen molar-refractivity contribution in [1.29, 1.82) is 0 Å². The second-order valence-electron chi connectivity index (χ2n) is 12.3. The zero-order chi connectivity index (χ0) is 50.3. The molecule has 0 amide bonds. The van der Waals surface area contributed by atoms with Crippen LogP contribution in [-0.2, 0) is 4.74 Å². The Labute approximate surface area is 311 Å². The second-order valence-corrected chi connectivity index (χ2v) is 12.3. The molecule has 0 bridgehead atoms. The van der Waals surface area contributed by atoms with Crippen molar-refractivity contribution >= 4 is 0 Å². The van der Waals surface area contributed by atoms with Gasteiger partial charge < -0.3 is 14.9 Å². The molecule has 0 aromatic rings. The summed E-state index contributed by atoms with van der Waals surface area (Å²) in [5.41, 5.74) is -4.36. The highest BCUT2D eigenvalue weighted by atomic mass is 19.4. The van der Waals surface area contributed by atoms with E-state index >= 15 is 0 Å². The van der Waals surface area contributed by atoms with Gasteiger partial charge in [0, 0.05) is 20.0 Å². The minimum atomic E-state index is -9.21. The van der Waals surface area contributed by atoms with Gasteiger partial charge >= 0.3 is 95.3 Å². The number of aliphatic hydroxyl groups is 2. The molecule has 61 heavy (non-hydrogen) atoms. The standard InChI is InChI=1S/C24H16F34O3/c1-61-8(7(60)6-59,2-4-9(25,26)11(29,30)13(33,34)15(37,38)17(41,42)19(45,46)21(49,50)23(53,54)55)3-5-10(27,28)12(31,32)14(35,36)16(39,40)18(43,44)20(47,48)22(51,52)24(56,57)58/h7,59-60H,2-6H2,1H3. The number of alkyl halides is 34. The minimum Gasteiger partial charge on any atom is -0.394 e. The third-order valence-electron chi connectivity index (χ3n) is 8.49. The number of ether oxygens (including phenoxy) is 1. The molecule has 37 heteroatoms. The Bertz CT molecular complexity index is 1400. The Morgan fingerprint density at radius 3 is 0.656 bits per heavy atom. The summed E-state index contributed by atoms with van der Waals surface area (Å²) in [6.07, 6.45) is -33.8. The van der Waals surface area contributed by atoms with Crippen LogP contribution in [0, 0.1) is 0 Å². The average Bonchev–Trinajstić information content (AvgIpc) is 3.05. The first kappa shape index (κ1) is 58.5. The molecular formula is C24H16F34O3. The third-order valence-corrected chi connectivity index (χ3v) is 8.49. The van der Waals surface area contributed by atoms with E-state index in [1.807, 2.05) is 0 Å². The Hall–Kier alpha value is -2.50. The molecule has 3 nitrogen and oxygen atoms in total. The van der Waals surface area contributed by atoms with E-state index in [0.717, 1.165) is 0 Å². The molecule has 0 aliphatic carbocycles. The molecule has 0 aromatic carbocycles. The molecule has 2 N–H and O–H groups in total. The first-order valence-corrected chi connectivity index (χ1v) is 14.2. The number of halogens is 34. The molecule has 0 fully saturated rings. The maximum absolute atomic E-state index is 14.5. The van der Waals surface area contributed by atoms with E-state index in [9.17, 15) is 154 Å². The average molecular weight is 998 g/mol. The maximum atomic E-state index is 14.5. The number of aliphatic hydroxyl groups excluding tert-OH is 2. The van der Waals surface area contributed by atoms with Crippen LogP contribution in [0.1, 0.15) is 25.7 Å². The molecular weight excluding hydrogens is 982 g/mol. The third kappa shape index (κ3) is 8.03. The molecule has 0 aromatic heterocycles. The second kappa shape index (κ2) is 15.6. The zero-order valence-corrected chi connectivity index (χ0v) is 27.8. The van der Waals surface area contributed by atoms with Crippen LogP contribution in [0.3, 0.4) is 0 Å². The summed E-state index contributed by atoms with van der Waals surface area (Å²) < 4.78 is 464. The lowest BCUT2D eigenvalue weighted by Gasteiger charge is -2.44. The van der Waals surface area contributed by atoms with Crippen LogP contribution in [-0.4, -0.2) is 131 Å². The van der Waals surface area contributed by atoms with E-state index in [0.29, 0.717) is 0 Å².